The first-order valence-electron chi connectivity index (χ1n) is 5.68. The molecule has 0 aromatic carbocycles. The standard InChI is InChI=1S/C10H19NO3S/c11-9-5-6-14-7-10(9)15(12,13)8-3-1-2-4-8/h8-10H,1-7,11H2. The molecule has 1 saturated carbocycles. The minimum Gasteiger partial charge on any atom is -0.380 e. The molecule has 0 amide bonds. The summed E-state index contributed by atoms with van der Waals surface area (Å²) in [5.41, 5.74) is 5.87. The van der Waals surface area contributed by atoms with Gasteiger partial charge in [0.25, 0.3) is 0 Å². The predicted octanol–water partition coefficient (Wildman–Crippen LogP) is 0.460. The van der Waals surface area contributed by atoms with E-state index < -0.39 is 15.1 Å². The first-order chi connectivity index (χ1) is 7.12. The third kappa shape index (κ3) is 2.19. The molecule has 1 heterocycles. The van der Waals surface area contributed by atoms with Gasteiger partial charge in [-0.1, -0.05) is 12.8 Å². The van der Waals surface area contributed by atoms with E-state index in [0.29, 0.717) is 19.6 Å². The molecule has 0 aromatic rings. The van der Waals surface area contributed by atoms with Crippen LogP contribution < -0.4 is 5.73 Å². The van der Waals surface area contributed by atoms with E-state index in [2.05, 4.69) is 0 Å². The molecular weight excluding hydrogens is 214 g/mol. The summed E-state index contributed by atoms with van der Waals surface area (Å²) in [7, 11) is -3.06. The van der Waals surface area contributed by atoms with Crippen LogP contribution in [-0.4, -0.2) is 38.2 Å². The van der Waals surface area contributed by atoms with E-state index in [4.69, 9.17) is 10.5 Å². The van der Waals surface area contributed by atoms with Gasteiger partial charge in [-0.2, -0.15) is 0 Å². The zero-order valence-corrected chi connectivity index (χ0v) is 9.71. The van der Waals surface area contributed by atoms with Gasteiger partial charge in [-0.05, 0) is 19.3 Å². The highest BCUT2D eigenvalue weighted by Gasteiger charge is 2.40. The highest BCUT2D eigenvalue weighted by atomic mass is 32.2. The molecule has 0 spiro atoms. The number of hydrogen-bond acceptors (Lipinski definition) is 4. The fourth-order valence-corrected chi connectivity index (χ4v) is 4.92. The molecule has 4 nitrogen and oxygen atoms in total. The minimum atomic E-state index is -3.06. The van der Waals surface area contributed by atoms with E-state index in [-0.39, 0.29) is 11.3 Å². The van der Waals surface area contributed by atoms with Crippen LogP contribution in [-0.2, 0) is 14.6 Å². The van der Waals surface area contributed by atoms with Crippen molar-refractivity contribution in [3.63, 3.8) is 0 Å². The molecule has 0 aromatic heterocycles. The molecule has 2 aliphatic rings. The molecule has 2 fully saturated rings. The largest absolute Gasteiger partial charge is 0.380 e. The van der Waals surface area contributed by atoms with Crippen molar-refractivity contribution in [1.82, 2.24) is 0 Å². The van der Waals surface area contributed by atoms with Gasteiger partial charge in [-0.15, -0.1) is 0 Å². The van der Waals surface area contributed by atoms with Crippen LogP contribution in [0.2, 0.25) is 0 Å². The quantitative estimate of drug-likeness (QED) is 0.752. The van der Waals surface area contributed by atoms with Crippen molar-refractivity contribution in [1.29, 1.82) is 0 Å². The highest BCUT2D eigenvalue weighted by Crippen LogP contribution is 2.29. The summed E-state index contributed by atoms with van der Waals surface area (Å²) in [6, 6.07) is -0.232. The summed E-state index contributed by atoms with van der Waals surface area (Å²) in [6.45, 7) is 0.887. The van der Waals surface area contributed by atoms with E-state index in [0.717, 1.165) is 25.7 Å². The lowest BCUT2D eigenvalue weighted by Gasteiger charge is -2.30. The number of hydrogen-bond donors (Lipinski definition) is 1. The molecule has 2 unspecified atom stereocenters. The van der Waals surface area contributed by atoms with Crippen LogP contribution in [0.15, 0.2) is 0 Å². The fourth-order valence-electron chi connectivity index (χ4n) is 2.53. The summed E-state index contributed by atoms with van der Waals surface area (Å²) < 4.78 is 29.7. The Hall–Kier alpha value is -0.130. The first kappa shape index (κ1) is 11.4. The van der Waals surface area contributed by atoms with E-state index in [9.17, 15) is 8.42 Å². The lowest BCUT2D eigenvalue weighted by atomic mass is 10.1. The number of rotatable bonds is 2. The summed E-state index contributed by atoms with van der Waals surface area (Å²) in [6.07, 6.45) is 4.35. The van der Waals surface area contributed by atoms with Crippen LogP contribution >= 0.6 is 0 Å². The Morgan fingerprint density at radius 3 is 2.40 bits per heavy atom. The zero-order chi connectivity index (χ0) is 10.9. The van der Waals surface area contributed by atoms with Crippen LogP contribution in [0.4, 0.5) is 0 Å². The van der Waals surface area contributed by atoms with Crippen LogP contribution in [0.5, 0.6) is 0 Å². The van der Waals surface area contributed by atoms with Crippen LogP contribution in [0.3, 0.4) is 0 Å². The lowest BCUT2D eigenvalue weighted by molar-refractivity contribution is 0.0889. The van der Waals surface area contributed by atoms with E-state index in [1.54, 1.807) is 0 Å². The lowest BCUT2D eigenvalue weighted by Crippen LogP contribution is -2.50. The monoisotopic (exact) mass is 233 g/mol. The number of ether oxygens (including phenoxy) is 1. The van der Waals surface area contributed by atoms with E-state index in [1.807, 2.05) is 0 Å². The summed E-state index contributed by atoms with van der Waals surface area (Å²) in [4.78, 5) is 0. The highest BCUT2D eigenvalue weighted by molar-refractivity contribution is 7.92. The maximum Gasteiger partial charge on any atom is 0.159 e. The summed E-state index contributed by atoms with van der Waals surface area (Å²) in [5, 5.41) is -0.621. The second-order valence-electron chi connectivity index (χ2n) is 4.56. The topological polar surface area (TPSA) is 69.4 Å². The van der Waals surface area contributed by atoms with Gasteiger partial charge < -0.3 is 10.5 Å². The molecule has 2 atom stereocenters. The van der Waals surface area contributed by atoms with Gasteiger partial charge >= 0.3 is 0 Å². The van der Waals surface area contributed by atoms with Crippen molar-refractivity contribution >= 4 is 9.84 Å². The Balaban J connectivity index is 2.12. The first-order valence-corrected chi connectivity index (χ1v) is 7.29. The van der Waals surface area contributed by atoms with Crippen LogP contribution in [0, 0.1) is 0 Å². The van der Waals surface area contributed by atoms with Crippen molar-refractivity contribution in [2.45, 2.75) is 48.6 Å². The average molecular weight is 233 g/mol. The number of nitrogens with two attached hydrogens (primary N) is 1. The maximum atomic E-state index is 12.2. The molecule has 2 rings (SSSR count). The Bertz CT molecular complexity index is 309. The normalized spacial score (nSPS) is 34.5. The molecule has 5 heteroatoms. The SMILES string of the molecule is NC1CCOCC1S(=O)(=O)C1CCCC1. The summed E-state index contributed by atoms with van der Waals surface area (Å²) >= 11 is 0. The second kappa shape index (κ2) is 4.39. The Kier molecular flexibility index (Phi) is 3.33. The molecule has 15 heavy (non-hydrogen) atoms. The number of sulfone groups is 1. The summed E-state index contributed by atoms with van der Waals surface area (Å²) in [5.74, 6) is 0. The Morgan fingerprint density at radius 1 is 1.13 bits per heavy atom. The molecule has 1 saturated heterocycles. The molecule has 1 aliphatic carbocycles. The van der Waals surface area contributed by atoms with Crippen LogP contribution in [0.25, 0.3) is 0 Å². The molecule has 0 bridgehead atoms. The van der Waals surface area contributed by atoms with Crippen molar-refractivity contribution in [3.05, 3.63) is 0 Å². The van der Waals surface area contributed by atoms with Gasteiger partial charge in [0.2, 0.25) is 0 Å². The molecule has 0 radical (unpaired) electrons. The van der Waals surface area contributed by atoms with Gasteiger partial charge in [0.05, 0.1) is 11.9 Å². The third-order valence-electron chi connectivity index (χ3n) is 3.54. The van der Waals surface area contributed by atoms with Gasteiger partial charge in [-0.3, -0.25) is 0 Å². The van der Waals surface area contributed by atoms with Crippen molar-refractivity contribution in [2.75, 3.05) is 13.2 Å². The van der Waals surface area contributed by atoms with Crippen molar-refractivity contribution < 1.29 is 13.2 Å². The van der Waals surface area contributed by atoms with Gasteiger partial charge in [-0.25, -0.2) is 8.42 Å². The molecular formula is C10H19NO3S. The average Bonchev–Trinajstić information content (AvgIpc) is 2.71. The van der Waals surface area contributed by atoms with Gasteiger partial charge in [0, 0.05) is 12.6 Å². The zero-order valence-electron chi connectivity index (χ0n) is 8.89. The smallest absolute Gasteiger partial charge is 0.159 e. The Labute approximate surface area is 91.1 Å². The minimum absolute atomic E-state index is 0.157. The van der Waals surface area contributed by atoms with Crippen molar-refractivity contribution in [2.24, 2.45) is 5.73 Å². The molecule has 1 aliphatic heterocycles. The second-order valence-corrected chi connectivity index (χ2v) is 7.01. The van der Waals surface area contributed by atoms with Gasteiger partial charge in [0.15, 0.2) is 9.84 Å². The fraction of sp³-hybridized carbons (Fsp3) is 1.00. The maximum absolute atomic E-state index is 12.2. The van der Waals surface area contributed by atoms with E-state index >= 15 is 0 Å². The van der Waals surface area contributed by atoms with Crippen molar-refractivity contribution in [3.8, 4) is 0 Å². The Morgan fingerprint density at radius 2 is 1.80 bits per heavy atom. The van der Waals surface area contributed by atoms with E-state index in [1.165, 1.54) is 0 Å². The van der Waals surface area contributed by atoms with Gasteiger partial charge in [0.1, 0.15) is 5.25 Å². The predicted molar refractivity (Wildman–Crippen MR) is 58.4 cm³/mol. The third-order valence-corrected chi connectivity index (χ3v) is 6.27. The molecule has 88 valence electrons. The van der Waals surface area contributed by atoms with Crippen LogP contribution in [0.1, 0.15) is 32.1 Å². The molecule has 2 N–H and O–H groups in total.